The zero-order valence-corrected chi connectivity index (χ0v) is 43.1. The van der Waals surface area contributed by atoms with Gasteiger partial charge in [0.2, 0.25) is 11.8 Å². The summed E-state index contributed by atoms with van der Waals surface area (Å²) >= 11 is 0. The number of esters is 4. The highest BCUT2D eigenvalue weighted by Crippen LogP contribution is 2.18. The molecule has 1 fully saturated rings. The topological polar surface area (TPSA) is 208 Å². The van der Waals surface area contributed by atoms with Gasteiger partial charge in [-0.15, -0.1) is 4.73 Å². The van der Waals surface area contributed by atoms with E-state index in [1.807, 2.05) is 49.9 Å². The molecule has 1 aliphatic rings. The van der Waals surface area contributed by atoms with Crippen LogP contribution in [-0.2, 0) is 54.3 Å². The number of rotatable bonds is 18. The van der Waals surface area contributed by atoms with Gasteiger partial charge in [-0.1, -0.05) is 36.4 Å². The number of benzene rings is 1. The molecule has 0 spiro atoms. The molecule has 19 nitrogen and oxygen atoms in total. The maximum atomic E-state index is 14.2. The summed E-state index contributed by atoms with van der Waals surface area (Å²) in [6.07, 6.45) is -0.175. The number of hydrogen-bond donors (Lipinski definition) is 2. The van der Waals surface area contributed by atoms with E-state index < -0.39 is 69.7 Å². The van der Waals surface area contributed by atoms with Crippen LogP contribution in [0.15, 0.2) is 53.3 Å². The molecule has 0 radical (unpaired) electrons. The summed E-state index contributed by atoms with van der Waals surface area (Å²) in [6, 6.07) is 12.7. The third kappa shape index (κ3) is 24.7. The van der Waals surface area contributed by atoms with Gasteiger partial charge in [0, 0.05) is 77.8 Å². The lowest BCUT2D eigenvalue weighted by Crippen LogP contribution is -2.53. The lowest BCUT2D eigenvalue weighted by molar-refractivity contribution is -0.163. The largest absolute Gasteiger partial charge is 0.459 e. The average molecular weight is 970 g/mol. The van der Waals surface area contributed by atoms with Crippen LogP contribution in [0.4, 0.5) is 5.82 Å². The smallest absolute Gasteiger partial charge is 0.323 e. The minimum absolute atomic E-state index is 0.0170. The van der Waals surface area contributed by atoms with Crippen molar-refractivity contribution >= 4 is 41.5 Å². The molecule has 0 saturated carbocycles. The Morgan fingerprint density at radius 1 is 0.551 bits per heavy atom. The van der Waals surface area contributed by atoms with Crippen LogP contribution in [0.25, 0.3) is 0 Å². The van der Waals surface area contributed by atoms with Gasteiger partial charge in [0.1, 0.15) is 35.1 Å². The zero-order valence-electron chi connectivity index (χ0n) is 43.1. The van der Waals surface area contributed by atoms with Gasteiger partial charge in [0.05, 0.1) is 19.6 Å². The fraction of sp³-hybridized carbons (Fsp3) is 0.660. The van der Waals surface area contributed by atoms with Gasteiger partial charge in [0.25, 0.3) is 5.56 Å². The number of pyridine rings is 1. The Balaban J connectivity index is 1.83. The van der Waals surface area contributed by atoms with Crippen LogP contribution in [0.2, 0.25) is 0 Å². The highest BCUT2D eigenvalue weighted by atomic mass is 16.7. The molecule has 1 unspecified atom stereocenters. The lowest BCUT2D eigenvalue weighted by Gasteiger charge is -2.37. The van der Waals surface area contributed by atoms with Gasteiger partial charge >= 0.3 is 23.9 Å². The van der Waals surface area contributed by atoms with E-state index in [0.717, 1.165) is 10.3 Å². The number of amides is 2. The van der Waals surface area contributed by atoms with Gasteiger partial charge in [-0.2, -0.15) is 0 Å². The third-order valence-corrected chi connectivity index (χ3v) is 10.0. The summed E-state index contributed by atoms with van der Waals surface area (Å²) in [5.41, 5.74) is -2.66. The Morgan fingerprint density at radius 3 is 1.45 bits per heavy atom. The predicted octanol–water partition coefficient (Wildman–Crippen LogP) is 3.66. The molecule has 1 aromatic carbocycles. The van der Waals surface area contributed by atoms with E-state index in [1.54, 1.807) is 83.1 Å². The summed E-state index contributed by atoms with van der Waals surface area (Å²) < 4.78 is 24.0. The molecular formula is C50H79N7O12. The first-order valence-corrected chi connectivity index (χ1v) is 23.8. The molecule has 386 valence electrons. The van der Waals surface area contributed by atoms with Crippen molar-refractivity contribution in [2.75, 3.05) is 83.9 Å². The molecular weight excluding hydrogens is 891 g/mol. The first kappa shape index (κ1) is 57.9. The summed E-state index contributed by atoms with van der Waals surface area (Å²) in [6.45, 7) is 23.8. The molecule has 0 aliphatic carbocycles. The minimum Gasteiger partial charge on any atom is -0.459 e. The molecule has 19 heteroatoms. The molecule has 2 heterocycles. The van der Waals surface area contributed by atoms with Crippen molar-refractivity contribution in [1.82, 2.24) is 29.6 Å². The number of hydrogen-bond acceptors (Lipinski definition) is 16. The molecule has 1 atom stereocenters. The average Bonchev–Trinajstić information content (AvgIpc) is 3.19. The van der Waals surface area contributed by atoms with Crippen molar-refractivity contribution in [2.45, 2.75) is 137 Å². The van der Waals surface area contributed by atoms with Crippen LogP contribution < -0.4 is 21.0 Å². The number of carbonyl (C=O) groups is 6. The monoisotopic (exact) mass is 970 g/mol. The Labute approximate surface area is 408 Å². The lowest BCUT2D eigenvalue weighted by atomic mass is 10.1. The standard InChI is InChI=1S/C50H79N7O12/c1-47(2,3)66-43(61)33-53-25-27-54(34-44(62)67-48(4,5)6)29-31-56(32-30-55(28-26-53)35-45(63)68-49(7,8)9)38(46(64)69-50(10,11)12)21-22-40(58)51-24-23-41(59)52-39-19-16-20-42(60)57(39)65-36-37-17-14-13-15-18-37/h13-20,38H,21-36H2,1-12H3,(H,51,58)(H,52,59). The van der Waals surface area contributed by atoms with Crippen molar-refractivity contribution in [3.63, 3.8) is 0 Å². The number of ether oxygens (including phenoxy) is 4. The summed E-state index contributed by atoms with van der Waals surface area (Å²) in [5, 5.41) is 5.45. The molecule has 69 heavy (non-hydrogen) atoms. The van der Waals surface area contributed by atoms with Gasteiger partial charge < -0.3 is 34.4 Å². The first-order valence-electron chi connectivity index (χ1n) is 23.8. The van der Waals surface area contributed by atoms with Crippen LogP contribution >= 0.6 is 0 Å². The highest BCUT2D eigenvalue weighted by molar-refractivity contribution is 5.90. The molecule has 2 N–H and O–H groups in total. The Hall–Kier alpha value is -5.37. The summed E-state index contributed by atoms with van der Waals surface area (Å²) in [4.78, 5) is 106. The second kappa shape index (κ2) is 26.6. The molecule has 1 aliphatic heterocycles. The van der Waals surface area contributed by atoms with Crippen LogP contribution in [0.5, 0.6) is 0 Å². The molecule has 2 amide bonds. The van der Waals surface area contributed by atoms with Gasteiger partial charge in [-0.05, 0) is 101 Å². The van der Waals surface area contributed by atoms with Crippen molar-refractivity contribution < 1.29 is 52.6 Å². The summed E-state index contributed by atoms with van der Waals surface area (Å²) in [5.74, 6) is -2.58. The van der Waals surface area contributed by atoms with E-state index >= 15 is 0 Å². The van der Waals surface area contributed by atoms with Crippen LogP contribution in [0, 0.1) is 0 Å². The number of anilines is 1. The third-order valence-electron chi connectivity index (χ3n) is 10.0. The van der Waals surface area contributed by atoms with E-state index in [4.69, 9.17) is 23.8 Å². The van der Waals surface area contributed by atoms with Gasteiger partial charge in [-0.25, -0.2) is 0 Å². The number of nitrogens with one attached hydrogen (secondary N) is 2. The first-order chi connectivity index (χ1) is 32.0. The van der Waals surface area contributed by atoms with Crippen molar-refractivity contribution in [1.29, 1.82) is 0 Å². The molecule has 0 bridgehead atoms. The van der Waals surface area contributed by atoms with Crippen molar-refractivity contribution in [2.24, 2.45) is 0 Å². The molecule has 1 saturated heterocycles. The van der Waals surface area contributed by atoms with E-state index in [2.05, 4.69) is 10.6 Å². The van der Waals surface area contributed by atoms with E-state index in [-0.39, 0.29) is 71.0 Å². The zero-order chi connectivity index (χ0) is 51.6. The Bertz CT molecular complexity index is 2010. The van der Waals surface area contributed by atoms with Crippen LogP contribution in [0.1, 0.15) is 108 Å². The van der Waals surface area contributed by atoms with E-state index in [9.17, 15) is 33.6 Å². The van der Waals surface area contributed by atoms with Gasteiger partial charge in [0.15, 0.2) is 5.82 Å². The van der Waals surface area contributed by atoms with Crippen LogP contribution in [0.3, 0.4) is 0 Å². The fourth-order valence-electron chi connectivity index (χ4n) is 7.12. The summed E-state index contributed by atoms with van der Waals surface area (Å²) in [7, 11) is 0. The SMILES string of the molecule is CC(C)(C)OC(=O)CN1CCN(CC(=O)OC(C)(C)C)CCN(C(CCC(=O)NCCC(=O)Nc2cccc(=O)n2OCc2ccccc2)C(=O)OC(C)(C)C)CCN(CC(=O)OC(C)(C)C)CC1. The van der Waals surface area contributed by atoms with Crippen LogP contribution in [-0.4, -0.2) is 167 Å². The molecule has 1 aromatic heterocycles. The second-order valence-corrected chi connectivity index (χ2v) is 21.2. The van der Waals surface area contributed by atoms with E-state index in [0.29, 0.717) is 39.3 Å². The second-order valence-electron chi connectivity index (χ2n) is 21.2. The Kier molecular flexibility index (Phi) is 22.3. The minimum atomic E-state index is -0.928. The maximum absolute atomic E-state index is 14.2. The van der Waals surface area contributed by atoms with Gasteiger partial charge in [-0.3, -0.25) is 53.2 Å². The quantitative estimate of drug-likeness (QED) is 0.162. The fourth-order valence-corrected chi connectivity index (χ4v) is 7.12. The maximum Gasteiger partial charge on any atom is 0.323 e. The van der Waals surface area contributed by atoms with E-state index in [1.165, 1.54) is 18.2 Å². The van der Waals surface area contributed by atoms with Crippen molar-refractivity contribution in [3.8, 4) is 0 Å². The predicted molar refractivity (Wildman–Crippen MR) is 261 cm³/mol. The number of nitrogens with zero attached hydrogens (tertiary/aromatic N) is 5. The highest BCUT2D eigenvalue weighted by Gasteiger charge is 2.33. The van der Waals surface area contributed by atoms with Crippen molar-refractivity contribution in [3.05, 3.63) is 64.4 Å². The normalized spacial score (nSPS) is 15.9. The number of aromatic nitrogens is 1. The Morgan fingerprint density at radius 2 is 1.00 bits per heavy atom. The molecule has 2 aromatic rings. The number of carbonyl (C=O) groups excluding carboxylic acids is 6. The molecule has 3 rings (SSSR count).